The molecule has 0 fully saturated rings. The molecule has 0 aliphatic rings. The third kappa shape index (κ3) is 6.49. The third-order valence-corrected chi connectivity index (χ3v) is 7.79. The van der Waals surface area contributed by atoms with Gasteiger partial charge in [0.25, 0.3) is 5.56 Å². The van der Waals surface area contributed by atoms with E-state index < -0.39 is 0 Å². The zero-order valence-corrected chi connectivity index (χ0v) is 26.5. The van der Waals surface area contributed by atoms with Crippen LogP contribution in [-0.4, -0.2) is 29.6 Å². The molecule has 0 atom stereocenters. The molecule has 5 aromatic rings. The Hall–Kier alpha value is -4.43. The van der Waals surface area contributed by atoms with Crippen LogP contribution >= 0.6 is 15.9 Å². The van der Waals surface area contributed by atoms with Crippen molar-refractivity contribution in [3.8, 4) is 28.6 Å². The molecule has 4 aromatic carbocycles. The van der Waals surface area contributed by atoms with Crippen molar-refractivity contribution in [3.05, 3.63) is 116 Å². The number of para-hydroxylation sites is 1. The average molecular weight is 641 g/mol. The van der Waals surface area contributed by atoms with Gasteiger partial charge in [-0.25, -0.2) is 4.98 Å². The molecule has 5 rings (SSSR count). The largest absolute Gasteiger partial charge is 0.496 e. The number of hydrogen-bond donors (Lipinski definition) is 0. The van der Waals surface area contributed by atoms with E-state index in [-0.39, 0.29) is 11.5 Å². The van der Waals surface area contributed by atoms with E-state index in [9.17, 15) is 4.79 Å². The Bertz CT molecular complexity index is 1850. The monoisotopic (exact) mass is 639 g/mol. The number of benzene rings is 4. The van der Waals surface area contributed by atoms with E-state index in [1.54, 1.807) is 19.4 Å². The van der Waals surface area contributed by atoms with Gasteiger partial charge in [0.1, 0.15) is 12.4 Å². The van der Waals surface area contributed by atoms with Gasteiger partial charge in [-0.3, -0.25) is 4.79 Å². The first-order valence-corrected chi connectivity index (χ1v) is 15.0. The summed E-state index contributed by atoms with van der Waals surface area (Å²) in [6.45, 7) is 8.99. The summed E-state index contributed by atoms with van der Waals surface area (Å²) in [4.78, 5) is 18.8. The predicted octanol–water partition coefficient (Wildman–Crippen LogP) is 8.13. The molecule has 0 radical (unpaired) electrons. The molecule has 1 heterocycles. The second kappa shape index (κ2) is 13.3. The maximum absolute atomic E-state index is 13.9. The number of methoxy groups -OCH3 is 1. The molecule has 7 nitrogen and oxygen atoms in total. The standard InChI is InChI=1S/C35H34BrN3O4/c1-6-42-32-17-25(29(36)19-33(32)43-21-24-12-8-7-9-13-24)20-37-39-34(38-30-15-11-10-14-26(30)35(39)40)28-18-27(22(2)3)31(41-5)16-23(28)4/h7-20,22H,6,21H2,1-5H3. The Morgan fingerprint density at radius 1 is 0.953 bits per heavy atom. The van der Waals surface area contributed by atoms with Crippen LogP contribution in [0.2, 0.25) is 0 Å². The van der Waals surface area contributed by atoms with Gasteiger partial charge in [-0.1, -0.05) is 56.3 Å². The van der Waals surface area contributed by atoms with Crippen LogP contribution in [0.25, 0.3) is 22.3 Å². The fourth-order valence-corrected chi connectivity index (χ4v) is 5.28. The minimum atomic E-state index is -0.262. The molecule has 0 aliphatic heterocycles. The lowest BCUT2D eigenvalue weighted by molar-refractivity contribution is 0.269. The summed E-state index contributed by atoms with van der Waals surface area (Å²) in [6, 6.07) is 25.0. The number of hydrogen-bond acceptors (Lipinski definition) is 6. The van der Waals surface area contributed by atoms with E-state index in [1.807, 2.05) is 86.6 Å². The molecule has 0 unspecified atom stereocenters. The van der Waals surface area contributed by atoms with Gasteiger partial charge < -0.3 is 14.2 Å². The summed E-state index contributed by atoms with van der Waals surface area (Å²) in [7, 11) is 1.67. The molecule has 0 saturated carbocycles. The summed E-state index contributed by atoms with van der Waals surface area (Å²) in [5.41, 5.74) is 4.87. The van der Waals surface area contributed by atoms with Gasteiger partial charge in [-0.15, -0.1) is 0 Å². The highest BCUT2D eigenvalue weighted by atomic mass is 79.9. The second-order valence-corrected chi connectivity index (χ2v) is 11.3. The Balaban J connectivity index is 1.61. The number of fused-ring (bicyclic) bond motifs is 1. The van der Waals surface area contributed by atoms with E-state index in [0.29, 0.717) is 41.4 Å². The fourth-order valence-electron chi connectivity index (χ4n) is 4.86. The SMILES string of the molecule is CCOc1cc(C=Nn2c(-c3cc(C(C)C)c(OC)cc3C)nc3ccccc3c2=O)c(Br)cc1OCc1ccccc1. The fraction of sp³-hybridized carbons (Fsp3) is 0.229. The van der Waals surface area contributed by atoms with Crippen molar-refractivity contribution in [1.82, 2.24) is 9.66 Å². The van der Waals surface area contributed by atoms with Crippen molar-refractivity contribution in [3.63, 3.8) is 0 Å². The Morgan fingerprint density at radius 2 is 1.67 bits per heavy atom. The van der Waals surface area contributed by atoms with Crippen molar-refractivity contribution in [1.29, 1.82) is 0 Å². The van der Waals surface area contributed by atoms with E-state index in [1.165, 1.54) is 4.68 Å². The van der Waals surface area contributed by atoms with Crippen LogP contribution in [0.3, 0.4) is 0 Å². The van der Waals surface area contributed by atoms with Crippen molar-refractivity contribution in [2.75, 3.05) is 13.7 Å². The summed E-state index contributed by atoms with van der Waals surface area (Å²) >= 11 is 3.66. The van der Waals surface area contributed by atoms with Crippen molar-refractivity contribution >= 4 is 33.0 Å². The van der Waals surface area contributed by atoms with Gasteiger partial charge in [0.2, 0.25) is 0 Å². The quantitative estimate of drug-likeness (QED) is 0.144. The number of halogens is 1. The number of aryl methyl sites for hydroxylation is 1. The summed E-state index contributed by atoms with van der Waals surface area (Å²) in [6.07, 6.45) is 1.64. The molecule has 0 amide bonds. The second-order valence-electron chi connectivity index (χ2n) is 10.4. The lowest BCUT2D eigenvalue weighted by atomic mass is 9.96. The first-order valence-electron chi connectivity index (χ1n) is 14.2. The first kappa shape index (κ1) is 30.0. The number of aromatic nitrogens is 2. The van der Waals surface area contributed by atoms with E-state index in [2.05, 4.69) is 29.8 Å². The molecule has 220 valence electrons. The highest BCUT2D eigenvalue weighted by molar-refractivity contribution is 9.10. The van der Waals surface area contributed by atoms with Crippen LogP contribution in [0, 0.1) is 6.92 Å². The van der Waals surface area contributed by atoms with Crippen LogP contribution in [0.15, 0.2) is 93.2 Å². The summed E-state index contributed by atoms with van der Waals surface area (Å²) in [5, 5.41) is 5.19. The minimum absolute atomic E-state index is 0.203. The van der Waals surface area contributed by atoms with Gasteiger partial charge in [-0.2, -0.15) is 9.78 Å². The van der Waals surface area contributed by atoms with E-state index >= 15 is 0 Å². The van der Waals surface area contributed by atoms with Gasteiger partial charge in [0.15, 0.2) is 17.3 Å². The van der Waals surface area contributed by atoms with Gasteiger partial charge in [0.05, 0.1) is 30.8 Å². The van der Waals surface area contributed by atoms with Crippen LogP contribution in [0.1, 0.15) is 48.9 Å². The highest BCUT2D eigenvalue weighted by Crippen LogP contribution is 2.35. The zero-order valence-electron chi connectivity index (χ0n) is 24.9. The highest BCUT2D eigenvalue weighted by Gasteiger charge is 2.19. The summed E-state index contributed by atoms with van der Waals surface area (Å²) in [5.74, 6) is 2.64. The number of nitrogens with zero attached hydrogens (tertiary/aromatic N) is 3. The Kier molecular flexibility index (Phi) is 9.26. The molecule has 0 saturated heterocycles. The maximum atomic E-state index is 13.9. The molecule has 0 N–H and O–H groups in total. The Morgan fingerprint density at radius 3 is 2.40 bits per heavy atom. The van der Waals surface area contributed by atoms with E-state index in [4.69, 9.17) is 24.3 Å². The lowest BCUT2D eigenvalue weighted by Crippen LogP contribution is -2.21. The van der Waals surface area contributed by atoms with Crippen LogP contribution < -0.4 is 19.8 Å². The predicted molar refractivity (Wildman–Crippen MR) is 176 cm³/mol. The molecular formula is C35H34BrN3O4. The van der Waals surface area contributed by atoms with Crippen molar-refractivity contribution < 1.29 is 14.2 Å². The van der Waals surface area contributed by atoms with Gasteiger partial charge >= 0.3 is 0 Å². The van der Waals surface area contributed by atoms with Crippen molar-refractivity contribution in [2.24, 2.45) is 5.10 Å². The molecule has 43 heavy (non-hydrogen) atoms. The molecule has 1 aromatic heterocycles. The molecule has 0 aliphatic carbocycles. The molecular weight excluding hydrogens is 606 g/mol. The summed E-state index contributed by atoms with van der Waals surface area (Å²) < 4.78 is 19.8. The van der Waals surface area contributed by atoms with Gasteiger partial charge in [-0.05, 0) is 88.8 Å². The number of ether oxygens (including phenoxy) is 3. The number of rotatable bonds is 10. The Labute approximate surface area is 259 Å². The molecule has 0 spiro atoms. The molecule has 8 heteroatoms. The van der Waals surface area contributed by atoms with Gasteiger partial charge in [0, 0.05) is 15.6 Å². The van der Waals surface area contributed by atoms with Crippen LogP contribution in [0.4, 0.5) is 0 Å². The third-order valence-electron chi connectivity index (χ3n) is 7.11. The van der Waals surface area contributed by atoms with Crippen LogP contribution in [-0.2, 0) is 6.61 Å². The average Bonchev–Trinajstić information content (AvgIpc) is 3.01. The van der Waals surface area contributed by atoms with E-state index in [0.717, 1.165) is 38.0 Å². The lowest BCUT2D eigenvalue weighted by Gasteiger charge is -2.17. The maximum Gasteiger partial charge on any atom is 0.282 e. The van der Waals surface area contributed by atoms with Crippen molar-refractivity contribution in [2.45, 2.75) is 40.2 Å². The topological polar surface area (TPSA) is 74.9 Å². The minimum Gasteiger partial charge on any atom is -0.496 e. The zero-order chi connectivity index (χ0) is 30.5. The normalized spacial score (nSPS) is 11.4. The smallest absolute Gasteiger partial charge is 0.282 e. The molecule has 0 bridgehead atoms. The first-order chi connectivity index (χ1) is 20.8. The van der Waals surface area contributed by atoms with Crippen LogP contribution in [0.5, 0.6) is 17.2 Å².